The molecule has 7 nitrogen and oxygen atoms in total. The molecule has 1 aromatic heterocycles. The van der Waals surface area contributed by atoms with Gasteiger partial charge in [-0.1, -0.05) is 6.92 Å². The zero-order chi connectivity index (χ0) is 20.7. The summed E-state index contributed by atoms with van der Waals surface area (Å²) in [5, 5.41) is 9.47. The molecule has 0 bridgehead atoms. The number of nitrogens with two attached hydrogens (primary N) is 1. The summed E-state index contributed by atoms with van der Waals surface area (Å²) in [4.78, 5) is 5.94. The third-order valence-electron chi connectivity index (χ3n) is 5.24. The third kappa shape index (κ3) is 3.72. The molecular formula is C17H25F4N7. The molecule has 4 N–H and O–H groups in total. The zero-order valence-corrected chi connectivity index (χ0v) is 16.0. The van der Waals surface area contributed by atoms with Gasteiger partial charge in [0.1, 0.15) is 17.6 Å². The molecule has 1 fully saturated rings. The zero-order valence-electron chi connectivity index (χ0n) is 16.0. The monoisotopic (exact) mass is 403 g/mol. The van der Waals surface area contributed by atoms with Gasteiger partial charge >= 0.3 is 6.18 Å². The maximum Gasteiger partial charge on any atom is 0.421 e. The Kier molecular flexibility index (Phi) is 5.41. The predicted octanol–water partition coefficient (Wildman–Crippen LogP) is 1.53. The molecule has 0 spiro atoms. The minimum Gasteiger partial charge on any atom is -0.374 e. The highest BCUT2D eigenvalue weighted by atomic mass is 19.4. The number of likely N-dealkylation sites (tertiary alicyclic amines) is 1. The second-order valence-electron chi connectivity index (χ2n) is 7.06. The van der Waals surface area contributed by atoms with Crippen molar-refractivity contribution in [3.8, 4) is 0 Å². The second kappa shape index (κ2) is 7.36. The fourth-order valence-electron chi connectivity index (χ4n) is 3.64. The highest BCUT2D eigenvalue weighted by molar-refractivity contribution is 5.82. The molecule has 11 heteroatoms. The van der Waals surface area contributed by atoms with Crippen LogP contribution in [-0.4, -0.2) is 59.9 Å². The fraction of sp³-hybridized carbons (Fsp3) is 0.647. The van der Waals surface area contributed by atoms with Gasteiger partial charge in [-0.05, 0) is 19.9 Å². The van der Waals surface area contributed by atoms with Crippen molar-refractivity contribution in [2.45, 2.75) is 44.4 Å². The normalized spacial score (nSPS) is 29.1. The molecule has 0 aliphatic carbocycles. The quantitative estimate of drug-likeness (QED) is 0.665. The van der Waals surface area contributed by atoms with Crippen molar-refractivity contribution in [2.75, 3.05) is 26.7 Å². The SMILES string of the molecule is CCN1CCC(n2cc(C3(N)N=CC(C(F)(F)F)=C(NC)N3)c(C)n2)C(F)C1. The van der Waals surface area contributed by atoms with E-state index in [-0.39, 0.29) is 5.82 Å². The summed E-state index contributed by atoms with van der Waals surface area (Å²) in [6.45, 7) is 5.51. The molecule has 156 valence electrons. The Labute approximate surface area is 160 Å². The topological polar surface area (TPSA) is 83.5 Å². The summed E-state index contributed by atoms with van der Waals surface area (Å²) in [5.41, 5.74) is 6.19. The maximum absolute atomic E-state index is 14.6. The standard InChI is InChI=1S/C17H25F4N7/c1-4-27-6-5-14(13(18)9-27)28-8-12(10(2)26-28)17(22)24-7-11(16(19,20)21)15(23-3)25-17/h7-8,13-14,23,25H,4-6,9,22H2,1-3H3. The van der Waals surface area contributed by atoms with E-state index >= 15 is 0 Å². The molecule has 3 unspecified atom stereocenters. The number of hydrogen-bond donors (Lipinski definition) is 3. The van der Waals surface area contributed by atoms with Crippen LogP contribution in [0.5, 0.6) is 0 Å². The van der Waals surface area contributed by atoms with Gasteiger partial charge in [-0.2, -0.15) is 18.3 Å². The first kappa shape index (κ1) is 20.6. The minimum absolute atomic E-state index is 0.281. The maximum atomic E-state index is 14.6. The number of nitrogens with one attached hydrogen (secondary N) is 2. The molecule has 1 saturated heterocycles. The van der Waals surface area contributed by atoms with Gasteiger partial charge in [0, 0.05) is 32.5 Å². The van der Waals surface area contributed by atoms with Crippen molar-refractivity contribution >= 4 is 6.21 Å². The number of rotatable bonds is 4. The number of alkyl halides is 4. The molecule has 1 aromatic rings. The van der Waals surface area contributed by atoms with E-state index in [1.165, 1.54) is 11.7 Å². The van der Waals surface area contributed by atoms with Gasteiger partial charge in [-0.15, -0.1) is 0 Å². The number of nitrogens with zero attached hydrogens (tertiary/aromatic N) is 4. The van der Waals surface area contributed by atoms with E-state index in [9.17, 15) is 17.6 Å². The first-order valence-electron chi connectivity index (χ1n) is 9.13. The second-order valence-corrected chi connectivity index (χ2v) is 7.06. The summed E-state index contributed by atoms with van der Waals surface area (Å²) in [5.74, 6) is -1.91. The number of hydrogen-bond acceptors (Lipinski definition) is 6. The van der Waals surface area contributed by atoms with E-state index in [1.807, 2.05) is 11.8 Å². The Morgan fingerprint density at radius 2 is 2.14 bits per heavy atom. The average Bonchev–Trinajstić information content (AvgIpc) is 3.02. The lowest BCUT2D eigenvalue weighted by Crippen LogP contribution is -2.54. The van der Waals surface area contributed by atoms with Crippen LogP contribution in [0.1, 0.15) is 30.6 Å². The molecule has 28 heavy (non-hydrogen) atoms. The molecule has 3 atom stereocenters. The molecule has 3 rings (SSSR count). The highest BCUT2D eigenvalue weighted by Gasteiger charge is 2.42. The Morgan fingerprint density at radius 1 is 1.43 bits per heavy atom. The molecule has 2 aliphatic heterocycles. The Morgan fingerprint density at radius 3 is 2.71 bits per heavy atom. The number of aromatic nitrogens is 2. The fourth-order valence-corrected chi connectivity index (χ4v) is 3.64. The summed E-state index contributed by atoms with van der Waals surface area (Å²) in [6, 6.07) is -0.448. The summed E-state index contributed by atoms with van der Waals surface area (Å²) in [6.07, 6.45) is -2.81. The molecule has 2 aliphatic rings. The van der Waals surface area contributed by atoms with Crippen molar-refractivity contribution in [1.82, 2.24) is 25.3 Å². The highest BCUT2D eigenvalue weighted by Crippen LogP contribution is 2.33. The van der Waals surface area contributed by atoms with Gasteiger partial charge in [0.25, 0.3) is 0 Å². The van der Waals surface area contributed by atoms with E-state index in [1.54, 1.807) is 13.1 Å². The molecule has 0 radical (unpaired) electrons. The van der Waals surface area contributed by atoms with Crippen LogP contribution >= 0.6 is 0 Å². The summed E-state index contributed by atoms with van der Waals surface area (Å²) in [7, 11) is 1.36. The van der Waals surface area contributed by atoms with Crippen LogP contribution in [-0.2, 0) is 5.79 Å². The number of allylic oxidation sites excluding steroid dienone is 1. The smallest absolute Gasteiger partial charge is 0.374 e. The van der Waals surface area contributed by atoms with Gasteiger partial charge in [0.2, 0.25) is 5.79 Å². The van der Waals surface area contributed by atoms with E-state index in [4.69, 9.17) is 5.73 Å². The van der Waals surface area contributed by atoms with Gasteiger partial charge in [-0.3, -0.25) is 10.4 Å². The number of aliphatic imine (C=N–C) groups is 1. The van der Waals surface area contributed by atoms with Gasteiger partial charge in [0.15, 0.2) is 0 Å². The largest absolute Gasteiger partial charge is 0.421 e. The van der Waals surface area contributed by atoms with E-state index in [2.05, 4.69) is 20.7 Å². The summed E-state index contributed by atoms with van der Waals surface area (Å²) >= 11 is 0. The molecule has 0 aromatic carbocycles. The lowest BCUT2D eigenvalue weighted by atomic mass is 10.0. The van der Waals surface area contributed by atoms with Crippen LogP contribution < -0.4 is 16.4 Å². The van der Waals surface area contributed by atoms with E-state index in [0.29, 0.717) is 30.4 Å². The first-order chi connectivity index (χ1) is 13.1. The molecule has 0 amide bonds. The van der Waals surface area contributed by atoms with Crippen LogP contribution in [0.15, 0.2) is 22.6 Å². The molecule has 3 heterocycles. The average molecular weight is 403 g/mol. The Hall–Kier alpha value is -2.14. The first-order valence-corrected chi connectivity index (χ1v) is 9.13. The number of piperidine rings is 1. The van der Waals surface area contributed by atoms with Gasteiger partial charge < -0.3 is 15.5 Å². The van der Waals surface area contributed by atoms with Crippen LogP contribution in [0.4, 0.5) is 17.6 Å². The minimum atomic E-state index is -4.58. The molecular weight excluding hydrogens is 378 g/mol. The van der Waals surface area contributed by atoms with Crippen molar-refractivity contribution in [2.24, 2.45) is 10.7 Å². The predicted molar refractivity (Wildman–Crippen MR) is 97.3 cm³/mol. The van der Waals surface area contributed by atoms with Crippen LogP contribution in [0.2, 0.25) is 0 Å². The molecule has 0 saturated carbocycles. The number of aryl methyl sites for hydroxylation is 1. The van der Waals surface area contributed by atoms with E-state index in [0.717, 1.165) is 13.1 Å². The lowest BCUT2D eigenvalue weighted by molar-refractivity contribution is -0.0875. The van der Waals surface area contributed by atoms with E-state index < -0.39 is 29.7 Å². The van der Waals surface area contributed by atoms with Crippen LogP contribution in [0.25, 0.3) is 0 Å². The summed E-state index contributed by atoms with van der Waals surface area (Å²) < 4.78 is 55.5. The number of halogens is 4. The van der Waals surface area contributed by atoms with Gasteiger partial charge in [-0.25, -0.2) is 9.38 Å². The van der Waals surface area contributed by atoms with Crippen molar-refractivity contribution < 1.29 is 17.6 Å². The van der Waals surface area contributed by atoms with Gasteiger partial charge in [0.05, 0.1) is 17.3 Å². The Balaban J connectivity index is 1.88. The van der Waals surface area contributed by atoms with Crippen LogP contribution in [0, 0.1) is 6.92 Å². The van der Waals surface area contributed by atoms with Crippen LogP contribution in [0.3, 0.4) is 0 Å². The lowest BCUT2D eigenvalue weighted by Gasteiger charge is -2.34. The van der Waals surface area contributed by atoms with Crippen molar-refractivity contribution in [1.29, 1.82) is 0 Å². The van der Waals surface area contributed by atoms with Crippen molar-refractivity contribution in [3.63, 3.8) is 0 Å². The third-order valence-corrected chi connectivity index (χ3v) is 5.24. The Bertz CT molecular complexity index is 785. The van der Waals surface area contributed by atoms with Crippen molar-refractivity contribution in [3.05, 3.63) is 28.8 Å².